The summed E-state index contributed by atoms with van der Waals surface area (Å²) in [6, 6.07) is 12.1. The Hall–Kier alpha value is -3.47. The maximum atomic E-state index is 14.0. The molecule has 0 spiro atoms. The lowest BCUT2D eigenvalue weighted by Gasteiger charge is -2.36. The van der Waals surface area contributed by atoms with Crippen LogP contribution in [0, 0.1) is 0 Å². The molecular weight excluding hydrogens is 496 g/mol. The first-order valence-electron chi connectivity index (χ1n) is 12.4. The molecule has 2 N–H and O–H groups in total. The number of hydrogen-bond acceptors (Lipinski definition) is 8. The zero-order chi connectivity index (χ0) is 26.2. The predicted octanol–water partition coefficient (Wildman–Crippen LogP) is 4.54. The van der Waals surface area contributed by atoms with Gasteiger partial charge in [0.2, 0.25) is 0 Å². The van der Waals surface area contributed by atoms with Crippen molar-refractivity contribution >= 4 is 33.3 Å². The van der Waals surface area contributed by atoms with Crippen molar-refractivity contribution in [3.63, 3.8) is 0 Å². The summed E-state index contributed by atoms with van der Waals surface area (Å²) in [6.45, 7) is 5.77. The number of ether oxygens (including phenoxy) is 2. The Balaban J connectivity index is 1.45. The van der Waals surface area contributed by atoms with Crippen molar-refractivity contribution in [2.45, 2.75) is 69.0 Å². The number of rotatable bonds is 7. The number of amides is 1. The normalized spacial score (nSPS) is 19.2. The van der Waals surface area contributed by atoms with Crippen LogP contribution in [0.4, 0.5) is 16.2 Å². The third-order valence-corrected chi connectivity index (χ3v) is 8.03. The van der Waals surface area contributed by atoms with Gasteiger partial charge in [-0.05, 0) is 81.8 Å². The molecule has 2 aliphatic heterocycles. The van der Waals surface area contributed by atoms with E-state index in [0.717, 1.165) is 18.4 Å². The van der Waals surface area contributed by atoms with Crippen LogP contribution in [0.25, 0.3) is 0 Å². The van der Waals surface area contributed by atoms with Crippen molar-refractivity contribution in [3.8, 4) is 5.75 Å². The van der Waals surface area contributed by atoms with Crippen molar-refractivity contribution in [3.05, 3.63) is 48.0 Å². The number of fused-ring (bicyclic) bond motifs is 1. The molecule has 198 valence electrons. The van der Waals surface area contributed by atoms with Crippen LogP contribution in [-0.2, 0) is 19.6 Å². The summed E-state index contributed by atoms with van der Waals surface area (Å²) in [6.07, 6.45) is 2.23. The molecule has 3 aliphatic rings. The molecule has 5 rings (SSSR count). The Kier molecular flexibility index (Phi) is 6.65. The molecule has 1 saturated carbocycles. The highest BCUT2D eigenvalue weighted by molar-refractivity contribution is 7.92. The highest BCUT2D eigenvalue weighted by Gasteiger charge is 2.36. The summed E-state index contributed by atoms with van der Waals surface area (Å²) in [5.41, 5.74) is 1.14. The molecular formula is C26H32N4O6S. The fraction of sp³-hybridized carbons (Fsp3) is 0.462. The van der Waals surface area contributed by atoms with E-state index in [1.165, 1.54) is 4.31 Å². The molecule has 2 heterocycles. The van der Waals surface area contributed by atoms with Gasteiger partial charge >= 0.3 is 6.09 Å². The number of hydrogen-bond donors (Lipinski definition) is 2. The van der Waals surface area contributed by atoms with Crippen molar-refractivity contribution in [2.75, 3.05) is 22.9 Å². The molecule has 2 aromatic rings. The lowest BCUT2D eigenvalue weighted by molar-refractivity contribution is 0.0636. The van der Waals surface area contributed by atoms with Crippen molar-refractivity contribution in [1.29, 1.82) is 0 Å². The summed E-state index contributed by atoms with van der Waals surface area (Å²) >= 11 is 0. The Morgan fingerprint density at radius 2 is 2.03 bits per heavy atom. The molecule has 0 unspecified atom stereocenters. The summed E-state index contributed by atoms with van der Waals surface area (Å²) in [7, 11) is -3.91. The lowest BCUT2D eigenvalue weighted by atomic mass is 10.1. The number of carbonyl (C=O) groups excluding carboxylic acids is 1. The molecule has 0 aromatic heterocycles. The smallest absolute Gasteiger partial charge is 0.412 e. The monoisotopic (exact) mass is 528 g/mol. The van der Waals surface area contributed by atoms with Crippen LogP contribution in [0.15, 0.2) is 52.5 Å². The van der Waals surface area contributed by atoms with Crippen molar-refractivity contribution in [1.82, 2.24) is 5.32 Å². The number of nitrogens with zero attached hydrogens (tertiary/aromatic N) is 2. The Labute approximate surface area is 217 Å². The Bertz CT molecular complexity index is 1320. The standard InChI is InChI=1S/C26H32N4O6S/c1-26(2,3)36-25(31)28-19-9-11-23-22(14-19)30(15-20(35-23)10-12-24-27-16-34-29-24)37(32,33)21-6-4-5-18(13-21)17-7-8-17/h4-6,9,11,13-14,17,20H,7-8,10,12,15-16H2,1-3H3,(H,27,29)(H,28,31)/t20-/m0/s1. The number of oxime groups is 1. The van der Waals surface area contributed by atoms with E-state index in [1.54, 1.807) is 57.2 Å². The minimum atomic E-state index is -3.91. The van der Waals surface area contributed by atoms with Gasteiger partial charge in [0, 0.05) is 12.1 Å². The molecule has 1 atom stereocenters. The van der Waals surface area contributed by atoms with Gasteiger partial charge in [-0.3, -0.25) is 9.62 Å². The fourth-order valence-corrected chi connectivity index (χ4v) is 5.91. The first-order chi connectivity index (χ1) is 17.6. The third-order valence-electron chi connectivity index (χ3n) is 6.25. The zero-order valence-electron chi connectivity index (χ0n) is 21.2. The van der Waals surface area contributed by atoms with E-state index < -0.39 is 27.8 Å². The summed E-state index contributed by atoms with van der Waals surface area (Å²) in [5.74, 6) is 1.55. The van der Waals surface area contributed by atoms with Gasteiger partial charge in [-0.2, -0.15) is 0 Å². The van der Waals surface area contributed by atoms with Crippen LogP contribution in [0.1, 0.15) is 57.9 Å². The number of benzene rings is 2. The molecule has 1 fully saturated rings. The molecule has 0 bridgehead atoms. The Morgan fingerprint density at radius 1 is 1.22 bits per heavy atom. The number of amidine groups is 1. The zero-order valence-corrected chi connectivity index (χ0v) is 22.0. The maximum Gasteiger partial charge on any atom is 0.412 e. The predicted molar refractivity (Wildman–Crippen MR) is 139 cm³/mol. The molecule has 10 nitrogen and oxygen atoms in total. The van der Waals surface area contributed by atoms with E-state index in [2.05, 4.69) is 15.8 Å². The van der Waals surface area contributed by atoms with Gasteiger partial charge in [-0.1, -0.05) is 17.3 Å². The number of sulfonamides is 1. The minimum Gasteiger partial charge on any atom is -0.486 e. The van der Waals surface area contributed by atoms with Gasteiger partial charge in [-0.25, -0.2) is 13.2 Å². The van der Waals surface area contributed by atoms with E-state index in [1.807, 2.05) is 6.07 Å². The second-order valence-corrected chi connectivity index (χ2v) is 12.3. The molecule has 0 radical (unpaired) electrons. The summed E-state index contributed by atoms with van der Waals surface area (Å²) in [5, 5.41) is 9.67. The van der Waals surface area contributed by atoms with E-state index in [9.17, 15) is 13.2 Å². The summed E-state index contributed by atoms with van der Waals surface area (Å²) in [4.78, 5) is 17.6. The van der Waals surface area contributed by atoms with Gasteiger partial charge in [0.15, 0.2) is 6.73 Å². The molecule has 1 amide bonds. The van der Waals surface area contributed by atoms with Crippen LogP contribution < -0.4 is 19.7 Å². The molecule has 2 aromatic carbocycles. The second-order valence-electron chi connectivity index (χ2n) is 10.5. The molecule has 11 heteroatoms. The van der Waals surface area contributed by atoms with Crippen LogP contribution in [0.2, 0.25) is 0 Å². The third kappa shape index (κ3) is 5.93. The number of nitrogens with one attached hydrogen (secondary N) is 2. The van der Waals surface area contributed by atoms with Gasteiger partial charge in [0.05, 0.1) is 17.1 Å². The Morgan fingerprint density at radius 3 is 2.73 bits per heavy atom. The van der Waals surface area contributed by atoms with Gasteiger partial charge in [0.25, 0.3) is 10.0 Å². The van der Waals surface area contributed by atoms with Crippen molar-refractivity contribution < 1.29 is 27.5 Å². The van der Waals surface area contributed by atoms with Gasteiger partial charge in [0.1, 0.15) is 23.3 Å². The van der Waals surface area contributed by atoms with E-state index in [4.69, 9.17) is 14.3 Å². The molecule has 37 heavy (non-hydrogen) atoms. The largest absolute Gasteiger partial charge is 0.486 e. The lowest BCUT2D eigenvalue weighted by Crippen LogP contribution is -2.44. The van der Waals surface area contributed by atoms with Crippen LogP contribution in [0.5, 0.6) is 5.75 Å². The molecule has 0 saturated heterocycles. The first-order valence-corrected chi connectivity index (χ1v) is 13.9. The topological polar surface area (TPSA) is 119 Å². The van der Waals surface area contributed by atoms with Crippen molar-refractivity contribution in [2.24, 2.45) is 5.16 Å². The van der Waals surface area contributed by atoms with Crippen LogP contribution in [-0.4, -0.2) is 45.3 Å². The first kappa shape index (κ1) is 25.2. The number of carbonyl (C=O) groups is 1. The fourth-order valence-electron chi connectivity index (χ4n) is 4.35. The molecule has 1 aliphatic carbocycles. The van der Waals surface area contributed by atoms with E-state index in [-0.39, 0.29) is 11.4 Å². The second kappa shape index (κ2) is 9.77. The highest BCUT2D eigenvalue weighted by atomic mass is 32.2. The SMILES string of the molecule is CC(C)(C)OC(=O)Nc1ccc2c(c1)N(S(=O)(=O)c1cccc(C3CC3)c1)C[C@H](CCC1=NOCN1)O2. The minimum absolute atomic E-state index is 0.118. The average molecular weight is 529 g/mol. The van der Waals surface area contributed by atoms with Gasteiger partial charge < -0.3 is 19.6 Å². The number of anilines is 2. The van der Waals surface area contributed by atoms with Crippen LogP contribution in [0.3, 0.4) is 0 Å². The maximum absolute atomic E-state index is 14.0. The van der Waals surface area contributed by atoms with E-state index >= 15 is 0 Å². The highest BCUT2D eigenvalue weighted by Crippen LogP contribution is 2.42. The average Bonchev–Trinajstić information content (AvgIpc) is 3.56. The summed E-state index contributed by atoms with van der Waals surface area (Å²) < 4.78 is 40.9. The van der Waals surface area contributed by atoms with E-state index in [0.29, 0.717) is 48.5 Å². The van der Waals surface area contributed by atoms with Gasteiger partial charge in [-0.15, -0.1) is 0 Å². The quantitative estimate of drug-likeness (QED) is 0.542. The van der Waals surface area contributed by atoms with Crippen LogP contribution >= 0.6 is 0 Å².